The van der Waals surface area contributed by atoms with Crippen LogP contribution in [0.2, 0.25) is 0 Å². The minimum atomic E-state index is -0.506. The molecule has 0 saturated heterocycles. The van der Waals surface area contributed by atoms with Crippen LogP contribution in [-0.4, -0.2) is 11.2 Å². The molecule has 1 unspecified atom stereocenters. The molecule has 0 radical (unpaired) electrons. The van der Waals surface area contributed by atoms with Gasteiger partial charge in [-0.2, -0.15) is 0 Å². The molecule has 0 fully saturated rings. The number of carbonyl (C=O) groups excluding carboxylic acids is 1. The van der Waals surface area contributed by atoms with E-state index in [9.17, 15) is 4.79 Å². The Bertz CT molecular complexity index is 622. The maximum absolute atomic E-state index is 11.3. The van der Waals surface area contributed by atoms with Gasteiger partial charge in [0.1, 0.15) is 18.1 Å². The van der Waals surface area contributed by atoms with Crippen LogP contribution in [-0.2, 0) is 17.8 Å². The minimum Gasteiger partial charge on any atom is -0.489 e. The smallest absolute Gasteiger partial charge is 0.147 e. The lowest BCUT2D eigenvalue weighted by Gasteiger charge is -2.14. The number of rotatable bonds is 6. The average molecular weight is 303 g/mol. The molecule has 2 rings (SSSR count). The molecular formula is C18H19ClO2. The zero-order valence-corrected chi connectivity index (χ0v) is 13.1. The van der Waals surface area contributed by atoms with Crippen LogP contribution in [0, 0.1) is 6.92 Å². The van der Waals surface area contributed by atoms with Gasteiger partial charge < -0.3 is 4.74 Å². The normalized spacial score (nSPS) is 12.0. The van der Waals surface area contributed by atoms with E-state index in [-0.39, 0.29) is 5.78 Å². The Hall–Kier alpha value is -1.80. The topological polar surface area (TPSA) is 26.3 Å². The second-order valence-corrected chi connectivity index (χ2v) is 5.63. The third kappa shape index (κ3) is 4.33. The second-order valence-electron chi connectivity index (χ2n) is 5.11. The fourth-order valence-corrected chi connectivity index (χ4v) is 2.24. The highest BCUT2D eigenvalue weighted by Gasteiger charge is 2.14. The molecule has 1 atom stereocenters. The number of alkyl halides is 1. The van der Waals surface area contributed by atoms with E-state index in [1.165, 1.54) is 12.5 Å². The molecule has 0 N–H and O–H groups in total. The number of hydrogen-bond acceptors (Lipinski definition) is 2. The lowest BCUT2D eigenvalue weighted by Crippen LogP contribution is -2.14. The van der Waals surface area contributed by atoms with Gasteiger partial charge in [0.15, 0.2) is 0 Å². The summed E-state index contributed by atoms with van der Waals surface area (Å²) in [5.41, 5.74) is 3.32. The zero-order chi connectivity index (χ0) is 15.2. The first kappa shape index (κ1) is 15.6. The van der Waals surface area contributed by atoms with Crippen molar-refractivity contribution in [3.63, 3.8) is 0 Å². The third-order valence-corrected chi connectivity index (χ3v) is 3.92. The van der Waals surface area contributed by atoms with Gasteiger partial charge in [0.25, 0.3) is 0 Å². The maximum Gasteiger partial charge on any atom is 0.147 e. The van der Waals surface area contributed by atoms with Crippen LogP contribution < -0.4 is 4.74 Å². The molecule has 0 saturated carbocycles. The molecule has 0 spiro atoms. The number of carbonyl (C=O) groups is 1. The molecule has 21 heavy (non-hydrogen) atoms. The summed E-state index contributed by atoms with van der Waals surface area (Å²) in [4.78, 5) is 11.3. The Kier molecular flexibility index (Phi) is 5.40. The largest absolute Gasteiger partial charge is 0.489 e. The predicted molar refractivity (Wildman–Crippen MR) is 86.0 cm³/mol. The molecule has 0 amide bonds. The summed E-state index contributed by atoms with van der Waals surface area (Å²) in [6, 6.07) is 15.9. The number of halogens is 1. The molecule has 0 aromatic heterocycles. The van der Waals surface area contributed by atoms with E-state index in [0.717, 1.165) is 16.9 Å². The van der Waals surface area contributed by atoms with E-state index in [4.69, 9.17) is 16.3 Å². The van der Waals surface area contributed by atoms with Crippen LogP contribution >= 0.6 is 11.6 Å². The maximum atomic E-state index is 11.3. The lowest BCUT2D eigenvalue weighted by atomic mass is 10.1. The average Bonchev–Trinajstić information content (AvgIpc) is 2.47. The quantitative estimate of drug-likeness (QED) is 0.743. The summed E-state index contributed by atoms with van der Waals surface area (Å²) in [6.07, 6.45) is 0.487. The molecule has 2 aromatic rings. The number of para-hydroxylation sites is 1. The molecule has 2 aromatic carbocycles. The summed E-state index contributed by atoms with van der Waals surface area (Å²) in [5.74, 6) is 0.762. The number of Topliss-reactive ketones (excluding diaryl/α,β-unsaturated/α-hetero) is 1. The molecule has 0 aliphatic rings. The third-order valence-electron chi connectivity index (χ3n) is 3.46. The fraction of sp³-hybridized carbons (Fsp3) is 0.278. The van der Waals surface area contributed by atoms with Crippen LogP contribution in [0.5, 0.6) is 5.75 Å². The predicted octanol–water partition coefficient (Wildman–Crippen LogP) is 4.31. The van der Waals surface area contributed by atoms with Gasteiger partial charge in [-0.25, -0.2) is 0 Å². The summed E-state index contributed by atoms with van der Waals surface area (Å²) in [6.45, 7) is 4.08. The van der Waals surface area contributed by atoms with Crippen molar-refractivity contribution in [2.24, 2.45) is 0 Å². The van der Waals surface area contributed by atoms with E-state index in [2.05, 4.69) is 19.1 Å². The van der Waals surface area contributed by atoms with Gasteiger partial charge >= 0.3 is 0 Å². The first-order valence-electron chi connectivity index (χ1n) is 6.97. The SMILES string of the molecule is CC(=O)C(Cl)Cc1ccccc1OCc1ccccc1C. The molecule has 3 heteroatoms. The Morgan fingerprint density at radius 2 is 1.71 bits per heavy atom. The van der Waals surface area contributed by atoms with Crippen LogP contribution in [0.25, 0.3) is 0 Å². The molecule has 0 bridgehead atoms. The van der Waals surface area contributed by atoms with E-state index in [1.807, 2.05) is 36.4 Å². The van der Waals surface area contributed by atoms with Crippen molar-refractivity contribution >= 4 is 17.4 Å². The van der Waals surface area contributed by atoms with E-state index >= 15 is 0 Å². The van der Waals surface area contributed by atoms with Gasteiger partial charge in [-0.15, -0.1) is 11.6 Å². The van der Waals surface area contributed by atoms with Crippen molar-refractivity contribution in [3.8, 4) is 5.75 Å². The van der Waals surface area contributed by atoms with Crippen molar-refractivity contribution < 1.29 is 9.53 Å². The number of hydrogen-bond donors (Lipinski definition) is 0. The van der Waals surface area contributed by atoms with E-state index in [1.54, 1.807) is 0 Å². The molecule has 0 heterocycles. The fourth-order valence-electron chi connectivity index (χ4n) is 2.08. The summed E-state index contributed by atoms with van der Waals surface area (Å²) >= 11 is 6.06. The van der Waals surface area contributed by atoms with Crippen LogP contribution in [0.1, 0.15) is 23.6 Å². The summed E-state index contributed by atoms with van der Waals surface area (Å²) < 4.78 is 5.91. The monoisotopic (exact) mass is 302 g/mol. The highest BCUT2D eigenvalue weighted by molar-refractivity contribution is 6.30. The van der Waals surface area contributed by atoms with Crippen molar-refractivity contribution in [2.75, 3.05) is 0 Å². The number of ether oxygens (including phenoxy) is 1. The standard InChI is InChI=1S/C18H19ClO2/c1-13-7-3-4-9-16(13)12-21-18-10-6-5-8-15(18)11-17(19)14(2)20/h3-10,17H,11-12H2,1-2H3. The van der Waals surface area contributed by atoms with Crippen molar-refractivity contribution in [2.45, 2.75) is 32.3 Å². The molecule has 0 aliphatic heterocycles. The summed E-state index contributed by atoms with van der Waals surface area (Å²) in [7, 11) is 0. The Labute approximate surface area is 130 Å². The Morgan fingerprint density at radius 3 is 2.38 bits per heavy atom. The van der Waals surface area contributed by atoms with Crippen molar-refractivity contribution in [1.82, 2.24) is 0 Å². The van der Waals surface area contributed by atoms with Gasteiger partial charge in [0, 0.05) is 0 Å². The van der Waals surface area contributed by atoms with Gasteiger partial charge in [-0.3, -0.25) is 4.79 Å². The number of ketones is 1. The highest BCUT2D eigenvalue weighted by atomic mass is 35.5. The van der Waals surface area contributed by atoms with E-state index in [0.29, 0.717) is 13.0 Å². The zero-order valence-electron chi connectivity index (χ0n) is 12.3. The Morgan fingerprint density at radius 1 is 1.10 bits per heavy atom. The number of benzene rings is 2. The van der Waals surface area contributed by atoms with Crippen LogP contribution in [0.4, 0.5) is 0 Å². The lowest BCUT2D eigenvalue weighted by molar-refractivity contribution is -0.116. The van der Waals surface area contributed by atoms with Gasteiger partial charge in [0.05, 0.1) is 5.38 Å². The van der Waals surface area contributed by atoms with Gasteiger partial charge in [-0.05, 0) is 43.0 Å². The Balaban J connectivity index is 2.10. The van der Waals surface area contributed by atoms with Crippen molar-refractivity contribution in [1.29, 1.82) is 0 Å². The first-order chi connectivity index (χ1) is 10.1. The minimum absolute atomic E-state index is 0.0228. The van der Waals surface area contributed by atoms with E-state index < -0.39 is 5.38 Å². The highest BCUT2D eigenvalue weighted by Crippen LogP contribution is 2.23. The van der Waals surface area contributed by atoms with Gasteiger partial charge in [-0.1, -0.05) is 42.5 Å². The second kappa shape index (κ2) is 7.28. The molecule has 110 valence electrons. The van der Waals surface area contributed by atoms with Crippen molar-refractivity contribution in [3.05, 3.63) is 65.2 Å². The molecular weight excluding hydrogens is 284 g/mol. The molecule has 2 nitrogen and oxygen atoms in total. The first-order valence-corrected chi connectivity index (χ1v) is 7.41. The number of aryl methyl sites for hydroxylation is 1. The molecule has 0 aliphatic carbocycles. The van der Waals surface area contributed by atoms with Gasteiger partial charge in [0.2, 0.25) is 0 Å². The summed E-state index contributed by atoms with van der Waals surface area (Å²) in [5, 5.41) is -0.506. The van der Waals surface area contributed by atoms with Crippen LogP contribution in [0.3, 0.4) is 0 Å². The van der Waals surface area contributed by atoms with Crippen LogP contribution in [0.15, 0.2) is 48.5 Å².